The molecule has 0 saturated heterocycles. The number of aliphatic hydroxyl groups excluding tert-OH is 1. The minimum absolute atomic E-state index is 0.156. The molecular weight excluding hydrogens is 120 g/mol. The predicted octanol–water partition coefficient (Wildman–Crippen LogP) is 0.270. The number of hydrogen-bond acceptors (Lipinski definition) is 2. The monoisotopic (exact) mass is 134 g/mol. The summed E-state index contributed by atoms with van der Waals surface area (Å²) in [6.45, 7) is 1.26. The molecule has 1 N–H and O–H groups in total. The van der Waals surface area contributed by atoms with Gasteiger partial charge >= 0.3 is 0 Å². The van der Waals surface area contributed by atoms with E-state index in [2.05, 4.69) is 0 Å². The van der Waals surface area contributed by atoms with E-state index in [1.54, 1.807) is 0 Å². The minimum atomic E-state index is -0.268. The molecule has 0 heterocycles. The van der Waals surface area contributed by atoms with Gasteiger partial charge in [-0.25, -0.2) is 0 Å². The molecule has 56 valence electrons. The van der Waals surface area contributed by atoms with Crippen molar-refractivity contribution in [2.45, 2.75) is 6.42 Å². The summed E-state index contributed by atoms with van der Waals surface area (Å²) in [4.78, 5) is 1.90. The Morgan fingerprint density at radius 1 is 1.44 bits per heavy atom. The minimum Gasteiger partial charge on any atom is -0.395 e. The van der Waals surface area contributed by atoms with Crippen molar-refractivity contribution in [3.63, 3.8) is 0 Å². The highest BCUT2D eigenvalue weighted by Crippen LogP contribution is 1.86. The third kappa shape index (κ3) is 5.73. The third-order valence-electron chi connectivity index (χ3n) is 1.16. The van der Waals surface area contributed by atoms with E-state index in [0.717, 1.165) is 6.54 Å². The highest BCUT2D eigenvalue weighted by atomic mass is 18.2. The van der Waals surface area contributed by atoms with Crippen LogP contribution in [-0.2, 0) is 0 Å². The summed E-state index contributed by atoms with van der Waals surface area (Å²) in [5.74, 6) is 0. The van der Waals surface area contributed by atoms with Gasteiger partial charge in [-0.15, -0.1) is 0 Å². The third-order valence-corrected chi connectivity index (χ3v) is 1.16. The molecule has 0 spiro atoms. The zero-order valence-electron chi connectivity index (χ0n) is 5.81. The smallest absolute Gasteiger partial charge is 0.0906 e. The van der Waals surface area contributed by atoms with E-state index < -0.39 is 0 Å². The fourth-order valence-electron chi connectivity index (χ4n) is 0.612. The molecule has 0 rings (SSSR count). The number of likely N-dealkylation sites (N-methyl/N-ethyl adjacent to an activating group) is 1. The zero-order valence-corrected chi connectivity index (χ0v) is 5.81. The molecule has 0 atom stereocenters. The van der Waals surface area contributed by atoms with Crippen LogP contribution in [0.2, 0.25) is 0 Å². The molecule has 0 aromatic carbocycles. The van der Waals surface area contributed by atoms with E-state index in [-0.39, 0.29) is 13.3 Å². The Hall–Kier alpha value is -0.150. The SMILES string of the molecule is CN(CCO)CCC[18F]. The summed E-state index contributed by atoms with van der Waals surface area (Å²) in [5.41, 5.74) is 0. The van der Waals surface area contributed by atoms with Crippen LogP contribution in [0.15, 0.2) is 0 Å². The number of nitrogens with zero attached hydrogens (tertiary/aromatic N) is 1. The molecule has 0 fully saturated rings. The standard InChI is InChI=1S/C6H14FNO/c1-8(5-6-9)4-2-3-7/h9H,2-6H2,1H3/i7-1. The highest BCUT2D eigenvalue weighted by molar-refractivity contribution is 4.48. The van der Waals surface area contributed by atoms with Crippen LogP contribution in [-0.4, -0.2) is 43.4 Å². The van der Waals surface area contributed by atoms with Crippen molar-refractivity contribution in [2.24, 2.45) is 0 Å². The molecule has 0 saturated carbocycles. The number of hydrogen-bond donors (Lipinski definition) is 1. The Kier molecular flexibility index (Phi) is 5.88. The van der Waals surface area contributed by atoms with Crippen LogP contribution < -0.4 is 0 Å². The average molecular weight is 134 g/mol. The van der Waals surface area contributed by atoms with E-state index in [4.69, 9.17) is 5.11 Å². The fraction of sp³-hybridized carbons (Fsp3) is 1.00. The first-order valence-electron chi connectivity index (χ1n) is 3.16. The molecule has 3 heteroatoms. The molecule has 9 heavy (non-hydrogen) atoms. The van der Waals surface area contributed by atoms with E-state index >= 15 is 0 Å². The maximum absolute atomic E-state index is 11.5. The quantitative estimate of drug-likeness (QED) is 0.583. The van der Waals surface area contributed by atoms with E-state index in [1.165, 1.54) is 0 Å². The first-order chi connectivity index (χ1) is 4.31. The van der Waals surface area contributed by atoms with Crippen molar-refractivity contribution in [3.8, 4) is 0 Å². The molecule has 0 amide bonds. The molecular formula is C6H14FNO. The first kappa shape index (κ1) is 8.85. The molecule has 0 aliphatic rings. The van der Waals surface area contributed by atoms with Gasteiger partial charge in [0, 0.05) is 13.1 Å². The maximum Gasteiger partial charge on any atom is 0.0906 e. The Morgan fingerprint density at radius 3 is 2.56 bits per heavy atom. The van der Waals surface area contributed by atoms with Gasteiger partial charge in [-0.1, -0.05) is 0 Å². The van der Waals surface area contributed by atoms with Gasteiger partial charge in [0.15, 0.2) is 0 Å². The van der Waals surface area contributed by atoms with Crippen LogP contribution >= 0.6 is 0 Å². The number of alkyl halides is 1. The summed E-state index contributed by atoms with van der Waals surface area (Å²) in [5, 5.41) is 8.40. The lowest BCUT2D eigenvalue weighted by Crippen LogP contribution is -2.23. The van der Waals surface area contributed by atoms with Gasteiger partial charge in [0.25, 0.3) is 0 Å². The number of halogens is 1. The second-order valence-electron chi connectivity index (χ2n) is 2.07. The molecule has 0 aliphatic carbocycles. The molecule has 0 aliphatic heterocycles. The molecule has 0 aromatic heterocycles. The van der Waals surface area contributed by atoms with Gasteiger partial charge < -0.3 is 10.0 Å². The molecule has 0 aromatic rings. The predicted molar refractivity (Wildman–Crippen MR) is 35.2 cm³/mol. The van der Waals surface area contributed by atoms with Gasteiger partial charge in [0.05, 0.1) is 13.3 Å². The van der Waals surface area contributed by atoms with Crippen LogP contribution in [0, 0.1) is 0 Å². The molecule has 2 nitrogen and oxygen atoms in total. The summed E-state index contributed by atoms with van der Waals surface area (Å²) in [7, 11) is 1.87. The lowest BCUT2D eigenvalue weighted by molar-refractivity contribution is 0.216. The Bertz CT molecular complexity index is 61.0. The maximum atomic E-state index is 11.5. The lowest BCUT2D eigenvalue weighted by Gasteiger charge is -2.12. The normalized spacial score (nSPS) is 10.7. The first-order valence-corrected chi connectivity index (χ1v) is 3.16. The van der Waals surface area contributed by atoms with Crippen molar-refractivity contribution >= 4 is 0 Å². The van der Waals surface area contributed by atoms with Crippen LogP contribution in [0.3, 0.4) is 0 Å². The van der Waals surface area contributed by atoms with Crippen LogP contribution in [0.25, 0.3) is 0 Å². The molecule has 0 unspecified atom stereocenters. The molecule has 0 radical (unpaired) electrons. The summed E-state index contributed by atoms with van der Waals surface area (Å²) in [6.07, 6.45) is 0.566. The van der Waals surface area contributed by atoms with Gasteiger partial charge in [0.2, 0.25) is 0 Å². The average Bonchev–Trinajstić information content (AvgIpc) is 1.85. The van der Waals surface area contributed by atoms with Crippen molar-refractivity contribution in [1.82, 2.24) is 4.90 Å². The van der Waals surface area contributed by atoms with Crippen LogP contribution in [0.1, 0.15) is 6.42 Å². The largest absolute Gasteiger partial charge is 0.395 e. The summed E-state index contributed by atoms with van der Waals surface area (Å²) in [6, 6.07) is 0. The highest BCUT2D eigenvalue weighted by Gasteiger charge is 1.94. The van der Waals surface area contributed by atoms with E-state index in [0.29, 0.717) is 13.0 Å². The van der Waals surface area contributed by atoms with Crippen molar-refractivity contribution in [3.05, 3.63) is 0 Å². The zero-order chi connectivity index (χ0) is 7.11. The van der Waals surface area contributed by atoms with E-state index in [9.17, 15) is 4.39 Å². The Labute approximate surface area is 55.3 Å². The van der Waals surface area contributed by atoms with Crippen molar-refractivity contribution in [1.29, 1.82) is 0 Å². The number of rotatable bonds is 5. The van der Waals surface area contributed by atoms with Gasteiger partial charge in [-0.3, -0.25) is 4.39 Å². The second-order valence-corrected chi connectivity index (χ2v) is 2.07. The second kappa shape index (κ2) is 5.98. The van der Waals surface area contributed by atoms with Crippen molar-refractivity contribution in [2.75, 3.05) is 33.4 Å². The van der Waals surface area contributed by atoms with Gasteiger partial charge in [-0.2, -0.15) is 0 Å². The fourth-order valence-corrected chi connectivity index (χ4v) is 0.612. The summed E-state index contributed by atoms with van der Waals surface area (Å²) >= 11 is 0. The lowest BCUT2D eigenvalue weighted by atomic mass is 10.4. The topological polar surface area (TPSA) is 23.5 Å². The Morgan fingerprint density at radius 2 is 2.11 bits per heavy atom. The van der Waals surface area contributed by atoms with Crippen molar-refractivity contribution < 1.29 is 9.50 Å². The molecule has 0 bridgehead atoms. The van der Waals surface area contributed by atoms with Gasteiger partial charge in [0.1, 0.15) is 0 Å². The van der Waals surface area contributed by atoms with Gasteiger partial charge in [-0.05, 0) is 13.5 Å². The Balaban J connectivity index is 2.95. The van der Waals surface area contributed by atoms with E-state index in [1.807, 2.05) is 11.9 Å². The number of aliphatic hydroxyl groups is 1. The summed E-state index contributed by atoms with van der Waals surface area (Å²) < 4.78 is 11.5. The van der Waals surface area contributed by atoms with Crippen LogP contribution in [0.4, 0.5) is 4.39 Å². The van der Waals surface area contributed by atoms with Crippen LogP contribution in [0.5, 0.6) is 0 Å².